The van der Waals surface area contributed by atoms with Crippen LogP contribution in [0.25, 0.3) is 0 Å². The van der Waals surface area contributed by atoms with Crippen LogP contribution in [0.3, 0.4) is 0 Å². The largest absolute Gasteiger partial charge is 0.300 e. The molecule has 0 radical (unpaired) electrons. The summed E-state index contributed by atoms with van der Waals surface area (Å²) in [5, 5.41) is 0.773. The molecule has 0 atom stereocenters. The molecule has 0 bridgehead atoms. The van der Waals surface area contributed by atoms with Gasteiger partial charge in [-0.1, -0.05) is 23.7 Å². The molecule has 0 N–H and O–H groups in total. The first-order valence-electron chi connectivity index (χ1n) is 4.50. The Bertz CT molecular complexity index is 312. The van der Waals surface area contributed by atoms with Gasteiger partial charge in [-0.2, -0.15) is 11.8 Å². The van der Waals surface area contributed by atoms with Crippen LogP contribution in [-0.4, -0.2) is 11.5 Å². The maximum atomic E-state index is 10.7. The highest BCUT2D eigenvalue weighted by Gasteiger charge is 1.96. The summed E-state index contributed by atoms with van der Waals surface area (Å²) < 4.78 is 0. The number of benzene rings is 1. The number of Topliss-reactive ketones (excluding diaryl/α,β-unsaturated/α-hetero) is 1. The van der Waals surface area contributed by atoms with E-state index in [1.165, 1.54) is 5.56 Å². The lowest BCUT2D eigenvalue weighted by Crippen LogP contribution is -1.92. The van der Waals surface area contributed by atoms with Gasteiger partial charge in [0.1, 0.15) is 5.78 Å². The molecule has 0 aliphatic carbocycles. The van der Waals surface area contributed by atoms with Crippen LogP contribution in [0.2, 0.25) is 5.02 Å². The maximum Gasteiger partial charge on any atom is 0.130 e. The first-order valence-corrected chi connectivity index (χ1v) is 6.03. The summed E-state index contributed by atoms with van der Waals surface area (Å²) in [7, 11) is 0. The lowest BCUT2D eigenvalue weighted by atomic mass is 10.2. The SMILES string of the molecule is CC(=O)CCSCc1cccc(Cl)c1. The van der Waals surface area contributed by atoms with Gasteiger partial charge in [0.2, 0.25) is 0 Å². The molecule has 3 heteroatoms. The van der Waals surface area contributed by atoms with E-state index in [1.54, 1.807) is 18.7 Å². The average Bonchev–Trinajstić information content (AvgIpc) is 2.12. The molecule has 0 heterocycles. The number of hydrogen-bond acceptors (Lipinski definition) is 2. The number of carbonyl (C=O) groups is 1. The highest BCUT2D eigenvalue weighted by molar-refractivity contribution is 7.98. The van der Waals surface area contributed by atoms with Gasteiger partial charge in [-0.15, -0.1) is 0 Å². The van der Waals surface area contributed by atoms with Gasteiger partial charge in [-0.3, -0.25) is 4.79 Å². The van der Waals surface area contributed by atoms with Crippen molar-refractivity contribution in [2.45, 2.75) is 19.1 Å². The standard InChI is InChI=1S/C11H13ClOS/c1-9(13)5-6-14-8-10-3-2-4-11(12)7-10/h2-4,7H,5-6,8H2,1H3. The van der Waals surface area contributed by atoms with E-state index >= 15 is 0 Å². The van der Waals surface area contributed by atoms with Gasteiger partial charge in [0.15, 0.2) is 0 Å². The summed E-state index contributed by atoms with van der Waals surface area (Å²) in [6.07, 6.45) is 0.658. The van der Waals surface area contributed by atoms with Crippen molar-refractivity contribution in [3.8, 4) is 0 Å². The Morgan fingerprint density at radius 1 is 1.50 bits per heavy atom. The summed E-state index contributed by atoms with van der Waals surface area (Å²) in [5.41, 5.74) is 1.21. The lowest BCUT2D eigenvalue weighted by Gasteiger charge is -2.00. The number of halogens is 1. The fourth-order valence-corrected chi connectivity index (χ4v) is 2.24. The van der Waals surface area contributed by atoms with Crippen molar-refractivity contribution in [3.05, 3.63) is 34.9 Å². The molecule has 0 aliphatic heterocycles. The summed E-state index contributed by atoms with van der Waals surface area (Å²) >= 11 is 7.61. The third kappa shape index (κ3) is 4.68. The van der Waals surface area contributed by atoms with Crippen LogP contribution in [-0.2, 0) is 10.5 Å². The third-order valence-electron chi connectivity index (χ3n) is 1.76. The Kier molecular flexibility index (Phi) is 5.05. The molecule has 1 aromatic carbocycles. The number of rotatable bonds is 5. The van der Waals surface area contributed by atoms with Crippen molar-refractivity contribution >= 4 is 29.1 Å². The van der Waals surface area contributed by atoms with Crippen LogP contribution >= 0.6 is 23.4 Å². The van der Waals surface area contributed by atoms with Crippen LogP contribution in [0.5, 0.6) is 0 Å². The van der Waals surface area contributed by atoms with Gasteiger partial charge in [-0.25, -0.2) is 0 Å². The van der Waals surface area contributed by atoms with E-state index in [0.29, 0.717) is 6.42 Å². The first kappa shape index (κ1) is 11.6. The molecule has 76 valence electrons. The minimum absolute atomic E-state index is 0.253. The second-order valence-corrected chi connectivity index (χ2v) is 4.68. The average molecular weight is 229 g/mol. The molecule has 0 fully saturated rings. The van der Waals surface area contributed by atoms with E-state index in [1.807, 2.05) is 24.3 Å². The van der Waals surface area contributed by atoms with Crippen LogP contribution < -0.4 is 0 Å². The van der Waals surface area contributed by atoms with Crippen LogP contribution in [0, 0.1) is 0 Å². The molecular formula is C11H13ClOS. The maximum absolute atomic E-state index is 10.7. The Morgan fingerprint density at radius 2 is 2.29 bits per heavy atom. The van der Waals surface area contributed by atoms with E-state index in [2.05, 4.69) is 0 Å². The van der Waals surface area contributed by atoms with E-state index in [4.69, 9.17) is 11.6 Å². The van der Waals surface area contributed by atoms with Crippen LogP contribution in [0.1, 0.15) is 18.9 Å². The first-order chi connectivity index (χ1) is 6.68. The van der Waals surface area contributed by atoms with E-state index in [-0.39, 0.29) is 5.78 Å². The smallest absolute Gasteiger partial charge is 0.130 e. The zero-order chi connectivity index (χ0) is 10.4. The Hall–Kier alpha value is -0.470. The molecule has 0 amide bonds. The van der Waals surface area contributed by atoms with Gasteiger partial charge in [0.25, 0.3) is 0 Å². The van der Waals surface area contributed by atoms with Crippen LogP contribution in [0.4, 0.5) is 0 Å². The number of thioether (sulfide) groups is 1. The van der Waals surface area contributed by atoms with Gasteiger partial charge in [0, 0.05) is 22.9 Å². The summed E-state index contributed by atoms with van der Waals surface area (Å²) in [5.74, 6) is 2.07. The number of ketones is 1. The normalized spacial score (nSPS) is 10.1. The zero-order valence-electron chi connectivity index (χ0n) is 8.13. The van der Waals surface area contributed by atoms with Gasteiger partial charge in [-0.05, 0) is 24.6 Å². The van der Waals surface area contributed by atoms with E-state index in [9.17, 15) is 4.79 Å². The third-order valence-corrected chi connectivity index (χ3v) is 3.02. The molecule has 1 nitrogen and oxygen atoms in total. The number of hydrogen-bond donors (Lipinski definition) is 0. The van der Waals surface area contributed by atoms with E-state index in [0.717, 1.165) is 16.5 Å². The van der Waals surface area contributed by atoms with Crippen molar-refractivity contribution in [2.24, 2.45) is 0 Å². The molecule has 0 aromatic heterocycles. The summed E-state index contributed by atoms with van der Waals surface area (Å²) in [6.45, 7) is 1.62. The minimum Gasteiger partial charge on any atom is -0.300 e. The Labute approximate surface area is 93.8 Å². The topological polar surface area (TPSA) is 17.1 Å². The zero-order valence-corrected chi connectivity index (χ0v) is 9.70. The lowest BCUT2D eigenvalue weighted by molar-refractivity contribution is -0.116. The Balaban J connectivity index is 2.28. The number of carbonyl (C=O) groups excluding carboxylic acids is 1. The second-order valence-electron chi connectivity index (χ2n) is 3.13. The van der Waals surface area contributed by atoms with Crippen molar-refractivity contribution in [1.82, 2.24) is 0 Å². The summed E-state index contributed by atoms with van der Waals surface area (Å²) in [4.78, 5) is 10.7. The van der Waals surface area contributed by atoms with Crippen molar-refractivity contribution < 1.29 is 4.79 Å². The van der Waals surface area contributed by atoms with Gasteiger partial charge in [0.05, 0.1) is 0 Å². The monoisotopic (exact) mass is 228 g/mol. The Morgan fingerprint density at radius 3 is 2.93 bits per heavy atom. The molecule has 0 spiro atoms. The molecule has 14 heavy (non-hydrogen) atoms. The fraction of sp³-hybridized carbons (Fsp3) is 0.364. The van der Waals surface area contributed by atoms with Crippen molar-refractivity contribution in [1.29, 1.82) is 0 Å². The molecule has 0 unspecified atom stereocenters. The molecule has 0 aliphatic rings. The summed E-state index contributed by atoms with van der Waals surface area (Å²) in [6, 6.07) is 7.82. The van der Waals surface area contributed by atoms with E-state index < -0.39 is 0 Å². The van der Waals surface area contributed by atoms with Crippen molar-refractivity contribution in [2.75, 3.05) is 5.75 Å². The molecule has 0 saturated carbocycles. The van der Waals surface area contributed by atoms with Crippen LogP contribution in [0.15, 0.2) is 24.3 Å². The molecule has 1 rings (SSSR count). The molecular weight excluding hydrogens is 216 g/mol. The minimum atomic E-state index is 0.253. The highest BCUT2D eigenvalue weighted by Crippen LogP contribution is 2.16. The quantitative estimate of drug-likeness (QED) is 0.717. The van der Waals surface area contributed by atoms with Crippen molar-refractivity contribution in [3.63, 3.8) is 0 Å². The fourth-order valence-electron chi connectivity index (χ4n) is 1.03. The highest BCUT2D eigenvalue weighted by atomic mass is 35.5. The predicted molar refractivity (Wildman–Crippen MR) is 62.9 cm³/mol. The molecule has 1 aromatic rings. The molecule has 0 saturated heterocycles. The van der Waals surface area contributed by atoms with Gasteiger partial charge < -0.3 is 0 Å². The second kappa shape index (κ2) is 6.10. The predicted octanol–water partition coefficient (Wildman–Crippen LogP) is 3.55. The van der Waals surface area contributed by atoms with Gasteiger partial charge >= 0.3 is 0 Å².